The molecule has 3 aromatic rings. The molecule has 0 saturated carbocycles. The van der Waals surface area contributed by atoms with Crippen molar-refractivity contribution in [1.82, 2.24) is 4.57 Å². The van der Waals surface area contributed by atoms with E-state index < -0.39 is 11.7 Å². The van der Waals surface area contributed by atoms with E-state index in [0.717, 1.165) is 36.2 Å². The van der Waals surface area contributed by atoms with E-state index in [-0.39, 0.29) is 18.0 Å². The predicted molar refractivity (Wildman–Crippen MR) is 108 cm³/mol. The van der Waals surface area contributed by atoms with Crippen LogP contribution >= 0.6 is 0 Å². The van der Waals surface area contributed by atoms with E-state index in [1.807, 2.05) is 24.3 Å². The zero-order valence-corrected chi connectivity index (χ0v) is 16.0. The van der Waals surface area contributed by atoms with Crippen molar-refractivity contribution in [1.29, 1.82) is 0 Å². The van der Waals surface area contributed by atoms with E-state index in [2.05, 4.69) is 0 Å². The van der Waals surface area contributed by atoms with Crippen LogP contribution in [0.4, 0.5) is 18.9 Å². The van der Waals surface area contributed by atoms with Crippen LogP contribution < -0.4 is 10.5 Å². The number of hydrogen-bond donors (Lipinski definition) is 0. The molecule has 0 unspecified atom stereocenters. The molecule has 0 spiro atoms. The largest absolute Gasteiger partial charge is 0.416 e. The van der Waals surface area contributed by atoms with Crippen molar-refractivity contribution in [3.05, 3.63) is 99.5 Å². The number of carbonyl (C=O) groups excluding carboxylic acids is 1. The first-order valence-electron chi connectivity index (χ1n) is 9.59. The van der Waals surface area contributed by atoms with Gasteiger partial charge in [0.2, 0.25) is 0 Å². The van der Waals surface area contributed by atoms with Crippen LogP contribution in [0.1, 0.15) is 33.5 Å². The average Bonchev–Trinajstić information content (AvgIpc) is 2.74. The highest BCUT2D eigenvalue weighted by Gasteiger charge is 2.30. The van der Waals surface area contributed by atoms with E-state index in [1.54, 1.807) is 4.90 Å². The summed E-state index contributed by atoms with van der Waals surface area (Å²) in [5.41, 5.74) is 1.44. The number of benzene rings is 2. The Balaban J connectivity index is 1.63. The summed E-state index contributed by atoms with van der Waals surface area (Å²) in [6.45, 7) is 0.517. The van der Waals surface area contributed by atoms with Gasteiger partial charge in [-0.3, -0.25) is 9.59 Å². The Morgan fingerprint density at radius 1 is 1.00 bits per heavy atom. The van der Waals surface area contributed by atoms with Crippen molar-refractivity contribution in [2.24, 2.45) is 0 Å². The first kappa shape index (κ1) is 19.9. The molecule has 0 saturated heterocycles. The molecule has 4 rings (SSSR count). The fraction of sp³-hybridized carbons (Fsp3) is 0.217. The third-order valence-corrected chi connectivity index (χ3v) is 5.19. The summed E-state index contributed by atoms with van der Waals surface area (Å²) in [7, 11) is 0. The van der Waals surface area contributed by atoms with Crippen molar-refractivity contribution in [2.45, 2.75) is 25.6 Å². The summed E-state index contributed by atoms with van der Waals surface area (Å²) >= 11 is 0. The average molecular weight is 412 g/mol. The van der Waals surface area contributed by atoms with Crippen LogP contribution in [-0.4, -0.2) is 17.0 Å². The number of para-hydroxylation sites is 1. The van der Waals surface area contributed by atoms with Crippen LogP contribution in [0.15, 0.2) is 71.7 Å². The number of aromatic nitrogens is 1. The molecule has 1 aromatic heterocycles. The quantitative estimate of drug-likeness (QED) is 0.635. The van der Waals surface area contributed by atoms with Gasteiger partial charge in [0.25, 0.3) is 11.5 Å². The van der Waals surface area contributed by atoms with Crippen molar-refractivity contribution < 1.29 is 18.0 Å². The number of halogens is 3. The van der Waals surface area contributed by atoms with Crippen molar-refractivity contribution in [2.75, 3.05) is 11.4 Å². The third kappa shape index (κ3) is 4.01. The second-order valence-electron chi connectivity index (χ2n) is 7.27. The summed E-state index contributed by atoms with van der Waals surface area (Å²) in [6.07, 6.45) is -1.30. The summed E-state index contributed by atoms with van der Waals surface area (Å²) in [6, 6.07) is 15.3. The zero-order valence-electron chi connectivity index (χ0n) is 16.0. The monoisotopic (exact) mass is 412 g/mol. The molecule has 0 atom stereocenters. The van der Waals surface area contributed by atoms with E-state index in [9.17, 15) is 22.8 Å². The lowest BCUT2D eigenvalue weighted by atomic mass is 10.0. The number of anilines is 1. The number of hydrogen-bond acceptors (Lipinski definition) is 2. The Labute approximate surface area is 171 Å². The van der Waals surface area contributed by atoms with Gasteiger partial charge in [0.15, 0.2) is 0 Å². The molecule has 0 radical (unpaired) electrons. The number of pyridine rings is 1. The van der Waals surface area contributed by atoms with Crippen LogP contribution in [0.3, 0.4) is 0 Å². The van der Waals surface area contributed by atoms with Crippen molar-refractivity contribution in [3.63, 3.8) is 0 Å². The van der Waals surface area contributed by atoms with E-state index in [0.29, 0.717) is 17.7 Å². The van der Waals surface area contributed by atoms with Gasteiger partial charge in [-0.25, -0.2) is 0 Å². The minimum absolute atomic E-state index is 0.0551. The maximum absolute atomic E-state index is 13.1. The minimum Gasteiger partial charge on any atom is -0.310 e. The molecule has 0 N–H and O–H groups in total. The van der Waals surface area contributed by atoms with Gasteiger partial charge in [0, 0.05) is 24.5 Å². The molecule has 2 heterocycles. The van der Waals surface area contributed by atoms with Gasteiger partial charge in [-0.1, -0.05) is 30.3 Å². The lowest BCUT2D eigenvalue weighted by Gasteiger charge is -2.29. The van der Waals surface area contributed by atoms with Gasteiger partial charge in [-0.05, 0) is 48.2 Å². The van der Waals surface area contributed by atoms with E-state index in [1.165, 1.54) is 35.0 Å². The zero-order chi connectivity index (χ0) is 21.3. The fourth-order valence-electron chi connectivity index (χ4n) is 3.72. The predicted octanol–water partition coefficient (Wildman–Crippen LogP) is 4.51. The first-order chi connectivity index (χ1) is 14.3. The smallest absolute Gasteiger partial charge is 0.310 e. The Morgan fingerprint density at radius 2 is 1.80 bits per heavy atom. The van der Waals surface area contributed by atoms with Crippen LogP contribution in [0, 0.1) is 0 Å². The summed E-state index contributed by atoms with van der Waals surface area (Å²) < 4.78 is 40.2. The number of fused-ring (bicyclic) bond motifs is 1. The number of aryl methyl sites for hydroxylation is 1. The molecule has 4 nitrogen and oxygen atoms in total. The van der Waals surface area contributed by atoms with Crippen molar-refractivity contribution in [3.8, 4) is 0 Å². The lowest BCUT2D eigenvalue weighted by Crippen LogP contribution is -2.36. The summed E-state index contributed by atoms with van der Waals surface area (Å²) in [5, 5.41) is 0. The second-order valence-corrected chi connectivity index (χ2v) is 7.27. The molecule has 1 aliphatic rings. The Morgan fingerprint density at radius 3 is 2.60 bits per heavy atom. The van der Waals surface area contributed by atoms with Gasteiger partial charge >= 0.3 is 6.18 Å². The van der Waals surface area contributed by atoms with Crippen molar-refractivity contribution >= 4 is 11.6 Å². The first-order valence-corrected chi connectivity index (χ1v) is 9.59. The van der Waals surface area contributed by atoms with E-state index in [4.69, 9.17) is 0 Å². The highest BCUT2D eigenvalue weighted by molar-refractivity contribution is 6.06. The van der Waals surface area contributed by atoms with Gasteiger partial charge in [-0.2, -0.15) is 13.2 Å². The molecular weight excluding hydrogens is 393 g/mol. The summed E-state index contributed by atoms with van der Waals surface area (Å²) in [4.78, 5) is 27.1. The standard InChI is InChI=1S/C23H19F3N2O2/c24-23(25,26)19-8-3-5-16(13-19)14-27-15-18(10-11-21(27)29)22(30)28-12-4-7-17-6-1-2-9-20(17)28/h1-3,5-6,8-11,13,15H,4,7,12,14H2. The van der Waals surface area contributed by atoms with Crippen LogP contribution in [0.2, 0.25) is 0 Å². The lowest BCUT2D eigenvalue weighted by molar-refractivity contribution is -0.137. The normalized spacial score (nSPS) is 13.8. The maximum atomic E-state index is 13.1. The molecule has 0 fully saturated rings. The molecule has 1 amide bonds. The third-order valence-electron chi connectivity index (χ3n) is 5.19. The molecule has 1 aliphatic heterocycles. The number of alkyl halides is 3. The number of amides is 1. The van der Waals surface area contributed by atoms with Gasteiger partial charge in [0.1, 0.15) is 0 Å². The number of rotatable bonds is 3. The Hall–Kier alpha value is -3.35. The highest BCUT2D eigenvalue weighted by atomic mass is 19.4. The van der Waals surface area contributed by atoms with Gasteiger partial charge in [-0.15, -0.1) is 0 Å². The Kier molecular flexibility index (Phi) is 5.20. The van der Waals surface area contributed by atoms with Gasteiger partial charge in [0.05, 0.1) is 17.7 Å². The van der Waals surface area contributed by atoms with Gasteiger partial charge < -0.3 is 9.47 Å². The molecule has 2 aromatic carbocycles. The van der Waals surface area contributed by atoms with Crippen LogP contribution in [-0.2, 0) is 19.1 Å². The SMILES string of the molecule is O=C(c1ccc(=O)n(Cc2cccc(C(F)(F)F)c2)c1)N1CCCc2ccccc21. The number of nitrogens with zero attached hydrogens (tertiary/aromatic N) is 2. The van der Waals surface area contributed by atoms with Crippen LogP contribution in [0.5, 0.6) is 0 Å². The minimum atomic E-state index is -4.46. The Bertz CT molecular complexity index is 1150. The topological polar surface area (TPSA) is 42.3 Å². The van der Waals surface area contributed by atoms with Crippen LogP contribution in [0.25, 0.3) is 0 Å². The molecule has 0 aliphatic carbocycles. The fourth-order valence-corrected chi connectivity index (χ4v) is 3.72. The molecular formula is C23H19F3N2O2. The molecule has 7 heteroatoms. The maximum Gasteiger partial charge on any atom is 0.416 e. The molecule has 30 heavy (non-hydrogen) atoms. The molecule has 0 bridgehead atoms. The number of carbonyl (C=O) groups is 1. The highest BCUT2D eigenvalue weighted by Crippen LogP contribution is 2.30. The van der Waals surface area contributed by atoms with E-state index >= 15 is 0 Å². The summed E-state index contributed by atoms with van der Waals surface area (Å²) in [5.74, 6) is -0.236. The molecule has 154 valence electrons. The second kappa shape index (κ2) is 7.82.